The predicted molar refractivity (Wildman–Crippen MR) is 64.7 cm³/mol. The first kappa shape index (κ1) is 13.8. The van der Waals surface area contributed by atoms with E-state index in [0.29, 0.717) is 18.7 Å². The SMILES string of the molecule is C#CCC(C)NCc1ccc(S(=O)(=O)NC)o1. The Hall–Kier alpha value is -1.29. The minimum absolute atomic E-state index is 0.0820. The van der Waals surface area contributed by atoms with Gasteiger partial charge in [0.1, 0.15) is 5.76 Å². The Balaban J connectivity index is 2.62. The molecule has 1 atom stereocenters. The molecule has 17 heavy (non-hydrogen) atoms. The van der Waals surface area contributed by atoms with Crippen molar-refractivity contribution in [1.29, 1.82) is 0 Å². The van der Waals surface area contributed by atoms with Gasteiger partial charge in [-0.1, -0.05) is 0 Å². The molecular weight excluding hydrogens is 240 g/mol. The quantitative estimate of drug-likeness (QED) is 0.735. The topological polar surface area (TPSA) is 71.3 Å². The third kappa shape index (κ3) is 3.89. The molecule has 1 unspecified atom stereocenters. The average molecular weight is 256 g/mol. The summed E-state index contributed by atoms with van der Waals surface area (Å²) in [6.07, 6.45) is 5.79. The van der Waals surface area contributed by atoms with Crippen LogP contribution < -0.4 is 10.0 Å². The van der Waals surface area contributed by atoms with Gasteiger partial charge in [-0.2, -0.15) is 0 Å². The van der Waals surface area contributed by atoms with Crippen LogP contribution in [0.2, 0.25) is 0 Å². The van der Waals surface area contributed by atoms with Crippen LogP contribution in [-0.2, 0) is 16.6 Å². The molecule has 1 aromatic heterocycles. The molecule has 1 rings (SSSR count). The molecule has 1 aromatic rings. The largest absolute Gasteiger partial charge is 0.447 e. The molecule has 0 radical (unpaired) electrons. The molecule has 0 fully saturated rings. The molecule has 0 aromatic carbocycles. The fraction of sp³-hybridized carbons (Fsp3) is 0.455. The molecule has 0 amide bonds. The lowest BCUT2D eigenvalue weighted by atomic mass is 10.2. The number of terminal acetylenes is 1. The number of furan rings is 1. The van der Waals surface area contributed by atoms with Crippen molar-refractivity contribution in [3.05, 3.63) is 17.9 Å². The van der Waals surface area contributed by atoms with E-state index in [0.717, 1.165) is 0 Å². The first-order valence-electron chi connectivity index (χ1n) is 5.18. The third-order valence-electron chi connectivity index (χ3n) is 2.22. The third-order valence-corrected chi connectivity index (χ3v) is 3.51. The smallest absolute Gasteiger partial charge is 0.273 e. The summed E-state index contributed by atoms with van der Waals surface area (Å²) in [6.45, 7) is 2.40. The van der Waals surface area contributed by atoms with Crippen LogP contribution >= 0.6 is 0 Å². The van der Waals surface area contributed by atoms with E-state index in [-0.39, 0.29) is 11.1 Å². The van der Waals surface area contributed by atoms with Gasteiger partial charge in [-0.25, -0.2) is 13.1 Å². The second-order valence-electron chi connectivity index (χ2n) is 3.62. The van der Waals surface area contributed by atoms with Crippen molar-refractivity contribution in [2.24, 2.45) is 0 Å². The number of sulfonamides is 1. The standard InChI is InChI=1S/C11H16N2O3S/c1-4-5-9(2)13-8-10-6-7-11(16-10)17(14,15)12-3/h1,6-7,9,12-13H,5,8H2,2-3H3. The van der Waals surface area contributed by atoms with Gasteiger partial charge in [-0.3, -0.25) is 0 Å². The molecule has 0 bridgehead atoms. The molecule has 0 saturated carbocycles. The lowest BCUT2D eigenvalue weighted by Gasteiger charge is -2.08. The Morgan fingerprint density at radius 3 is 2.82 bits per heavy atom. The van der Waals surface area contributed by atoms with E-state index >= 15 is 0 Å². The Bertz CT molecular complexity index is 499. The van der Waals surface area contributed by atoms with Crippen LogP contribution in [0.5, 0.6) is 0 Å². The molecule has 0 aliphatic carbocycles. The van der Waals surface area contributed by atoms with Crippen molar-refractivity contribution in [3.63, 3.8) is 0 Å². The zero-order valence-electron chi connectivity index (χ0n) is 9.86. The summed E-state index contributed by atoms with van der Waals surface area (Å²) in [5, 5.41) is 3.05. The minimum atomic E-state index is -3.50. The highest BCUT2D eigenvalue weighted by atomic mass is 32.2. The van der Waals surface area contributed by atoms with Crippen LogP contribution in [-0.4, -0.2) is 21.5 Å². The van der Waals surface area contributed by atoms with Crippen LogP contribution in [0.4, 0.5) is 0 Å². The predicted octanol–water partition coefficient (Wildman–Crippen LogP) is 0.689. The fourth-order valence-corrected chi connectivity index (χ4v) is 1.89. The molecule has 0 aliphatic rings. The van der Waals surface area contributed by atoms with Gasteiger partial charge in [-0.15, -0.1) is 12.3 Å². The van der Waals surface area contributed by atoms with Crippen molar-refractivity contribution >= 4 is 10.0 Å². The van der Waals surface area contributed by atoms with E-state index in [9.17, 15) is 8.42 Å². The molecule has 94 valence electrons. The molecule has 0 saturated heterocycles. The summed E-state index contributed by atoms with van der Waals surface area (Å²) in [7, 11) is -2.16. The maximum Gasteiger partial charge on any atom is 0.273 e. The highest BCUT2D eigenvalue weighted by Gasteiger charge is 2.16. The maximum absolute atomic E-state index is 11.4. The molecular formula is C11H16N2O3S. The van der Waals surface area contributed by atoms with E-state index in [1.54, 1.807) is 6.07 Å². The molecule has 6 heteroatoms. The van der Waals surface area contributed by atoms with Crippen LogP contribution in [0, 0.1) is 12.3 Å². The highest BCUT2D eigenvalue weighted by Crippen LogP contribution is 2.13. The number of rotatable bonds is 6. The number of hydrogen-bond donors (Lipinski definition) is 2. The Morgan fingerprint density at radius 1 is 1.53 bits per heavy atom. The zero-order chi connectivity index (χ0) is 12.9. The summed E-state index contributed by atoms with van der Waals surface area (Å²) in [5.41, 5.74) is 0. The zero-order valence-corrected chi connectivity index (χ0v) is 10.7. The Morgan fingerprint density at radius 2 is 2.24 bits per heavy atom. The molecule has 1 heterocycles. The fourth-order valence-electron chi connectivity index (χ4n) is 1.22. The lowest BCUT2D eigenvalue weighted by Crippen LogP contribution is -2.24. The number of hydrogen-bond acceptors (Lipinski definition) is 4. The average Bonchev–Trinajstić information content (AvgIpc) is 2.76. The maximum atomic E-state index is 11.4. The summed E-state index contributed by atoms with van der Waals surface area (Å²) in [6, 6.07) is 3.21. The van der Waals surface area contributed by atoms with Crippen molar-refractivity contribution in [1.82, 2.24) is 10.0 Å². The van der Waals surface area contributed by atoms with Gasteiger partial charge in [0.2, 0.25) is 5.09 Å². The van der Waals surface area contributed by atoms with Gasteiger partial charge in [0, 0.05) is 12.5 Å². The second-order valence-corrected chi connectivity index (χ2v) is 5.44. The first-order chi connectivity index (χ1) is 7.99. The van der Waals surface area contributed by atoms with E-state index in [2.05, 4.69) is 16.0 Å². The summed E-state index contributed by atoms with van der Waals surface area (Å²) in [4.78, 5) is 0. The van der Waals surface area contributed by atoms with Gasteiger partial charge < -0.3 is 9.73 Å². The molecule has 0 aliphatic heterocycles. The van der Waals surface area contributed by atoms with Gasteiger partial charge in [0.25, 0.3) is 10.0 Å². The second kappa shape index (κ2) is 5.87. The first-order valence-corrected chi connectivity index (χ1v) is 6.67. The number of nitrogens with one attached hydrogen (secondary N) is 2. The highest BCUT2D eigenvalue weighted by molar-refractivity contribution is 7.89. The van der Waals surface area contributed by atoms with E-state index in [1.807, 2.05) is 6.92 Å². The van der Waals surface area contributed by atoms with E-state index in [4.69, 9.17) is 10.8 Å². The molecule has 5 nitrogen and oxygen atoms in total. The molecule has 0 spiro atoms. The van der Waals surface area contributed by atoms with E-state index in [1.165, 1.54) is 13.1 Å². The Labute approximate surface area is 102 Å². The lowest BCUT2D eigenvalue weighted by molar-refractivity contribution is 0.391. The van der Waals surface area contributed by atoms with Crippen LogP contribution in [0.3, 0.4) is 0 Å². The molecule has 2 N–H and O–H groups in total. The monoisotopic (exact) mass is 256 g/mol. The summed E-state index contributed by atoms with van der Waals surface area (Å²) >= 11 is 0. The normalized spacial score (nSPS) is 13.2. The Kier molecular flexibility index (Phi) is 4.75. The van der Waals surface area contributed by atoms with Crippen LogP contribution in [0.1, 0.15) is 19.1 Å². The summed E-state index contributed by atoms with van der Waals surface area (Å²) in [5.74, 6) is 3.10. The van der Waals surface area contributed by atoms with Crippen molar-refractivity contribution in [2.45, 2.75) is 31.0 Å². The van der Waals surface area contributed by atoms with Crippen molar-refractivity contribution in [3.8, 4) is 12.3 Å². The minimum Gasteiger partial charge on any atom is -0.447 e. The van der Waals surface area contributed by atoms with Gasteiger partial charge in [-0.05, 0) is 26.1 Å². The van der Waals surface area contributed by atoms with Crippen molar-refractivity contribution in [2.75, 3.05) is 7.05 Å². The van der Waals surface area contributed by atoms with Gasteiger partial charge in [0.15, 0.2) is 0 Å². The van der Waals surface area contributed by atoms with Gasteiger partial charge >= 0.3 is 0 Å². The van der Waals surface area contributed by atoms with Crippen LogP contribution in [0.15, 0.2) is 21.6 Å². The van der Waals surface area contributed by atoms with Crippen molar-refractivity contribution < 1.29 is 12.8 Å². The van der Waals surface area contributed by atoms with E-state index < -0.39 is 10.0 Å². The summed E-state index contributed by atoms with van der Waals surface area (Å²) < 4.78 is 30.2. The van der Waals surface area contributed by atoms with Crippen LogP contribution in [0.25, 0.3) is 0 Å². The van der Waals surface area contributed by atoms with Gasteiger partial charge in [0.05, 0.1) is 6.54 Å².